The highest BCUT2D eigenvalue weighted by atomic mass is 32.1. The van der Waals surface area contributed by atoms with Gasteiger partial charge in [0.2, 0.25) is 5.91 Å². The van der Waals surface area contributed by atoms with E-state index in [1.807, 2.05) is 58.8 Å². The summed E-state index contributed by atoms with van der Waals surface area (Å²) in [5.74, 6) is 1.71. The molecule has 27 heavy (non-hydrogen) atoms. The Morgan fingerprint density at radius 1 is 1.19 bits per heavy atom. The van der Waals surface area contributed by atoms with Crippen molar-refractivity contribution in [3.8, 4) is 11.5 Å². The van der Waals surface area contributed by atoms with Crippen molar-refractivity contribution < 1.29 is 14.3 Å². The number of methoxy groups -OCH3 is 1. The Labute approximate surface area is 162 Å². The summed E-state index contributed by atoms with van der Waals surface area (Å²) >= 11 is 1.52. The molecule has 0 spiro atoms. The molecule has 3 aromatic rings. The molecule has 0 saturated heterocycles. The number of aromatic nitrogens is 1. The van der Waals surface area contributed by atoms with E-state index in [-0.39, 0.29) is 5.91 Å². The molecule has 4 rings (SSSR count). The van der Waals surface area contributed by atoms with Gasteiger partial charge in [-0.2, -0.15) is 0 Å². The smallest absolute Gasteiger partial charge is 0.233 e. The van der Waals surface area contributed by atoms with Crippen molar-refractivity contribution in [1.82, 2.24) is 4.98 Å². The van der Waals surface area contributed by atoms with E-state index in [0.717, 1.165) is 39.9 Å². The summed E-state index contributed by atoms with van der Waals surface area (Å²) in [6, 6.07) is 15.5. The molecule has 0 N–H and O–H groups in total. The number of rotatable bonds is 6. The van der Waals surface area contributed by atoms with E-state index in [1.54, 1.807) is 7.11 Å². The first-order valence-corrected chi connectivity index (χ1v) is 9.69. The van der Waals surface area contributed by atoms with E-state index in [2.05, 4.69) is 4.98 Å². The van der Waals surface area contributed by atoms with Crippen molar-refractivity contribution in [3.63, 3.8) is 0 Å². The van der Waals surface area contributed by atoms with Gasteiger partial charge in [-0.15, -0.1) is 11.3 Å². The van der Waals surface area contributed by atoms with Crippen molar-refractivity contribution in [1.29, 1.82) is 0 Å². The summed E-state index contributed by atoms with van der Waals surface area (Å²) in [4.78, 5) is 19.1. The van der Waals surface area contributed by atoms with Crippen molar-refractivity contribution in [2.24, 2.45) is 0 Å². The van der Waals surface area contributed by atoms with Crippen LogP contribution in [0.5, 0.6) is 11.5 Å². The van der Waals surface area contributed by atoms with Gasteiger partial charge in [0.25, 0.3) is 0 Å². The van der Waals surface area contributed by atoms with Crippen LogP contribution < -0.4 is 14.4 Å². The Bertz CT molecular complexity index is 940. The molecular formula is C21H20N2O3S. The molecule has 0 saturated carbocycles. The average Bonchev–Trinajstić information content (AvgIpc) is 3.33. The molecule has 0 bridgehead atoms. The number of thiazole rings is 1. The van der Waals surface area contributed by atoms with Gasteiger partial charge in [-0.25, -0.2) is 4.98 Å². The number of amides is 1. The van der Waals surface area contributed by atoms with Gasteiger partial charge in [0.1, 0.15) is 23.1 Å². The van der Waals surface area contributed by atoms with Crippen LogP contribution >= 0.6 is 11.3 Å². The summed E-state index contributed by atoms with van der Waals surface area (Å²) in [5.41, 5.74) is 2.92. The summed E-state index contributed by atoms with van der Waals surface area (Å²) in [6.07, 6.45) is 1.15. The van der Waals surface area contributed by atoms with Crippen molar-refractivity contribution in [3.05, 3.63) is 70.2 Å². The molecule has 2 heterocycles. The van der Waals surface area contributed by atoms with Crippen LogP contribution in [0.3, 0.4) is 0 Å². The van der Waals surface area contributed by atoms with Crippen LogP contribution in [0.15, 0.2) is 53.9 Å². The van der Waals surface area contributed by atoms with Gasteiger partial charge < -0.3 is 14.4 Å². The van der Waals surface area contributed by atoms with Crippen LogP contribution in [0.4, 0.5) is 5.69 Å². The molecule has 1 aromatic heterocycles. The number of carbonyl (C=O) groups is 1. The van der Waals surface area contributed by atoms with Gasteiger partial charge in [-0.1, -0.05) is 18.2 Å². The fraction of sp³-hybridized carbons (Fsp3) is 0.238. The first kappa shape index (κ1) is 17.5. The van der Waals surface area contributed by atoms with Crippen LogP contribution in [-0.4, -0.2) is 24.5 Å². The van der Waals surface area contributed by atoms with Gasteiger partial charge in [-0.3, -0.25) is 4.79 Å². The minimum absolute atomic E-state index is 0.0692. The van der Waals surface area contributed by atoms with Crippen LogP contribution in [0.1, 0.15) is 16.3 Å². The normalized spacial score (nSPS) is 12.7. The Balaban J connectivity index is 1.38. The topological polar surface area (TPSA) is 51.7 Å². The highest BCUT2D eigenvalue weighted by Crippen LogP contribution is 2.31. The molecule has 0 unspecified atom stereocenters. The lowest BCUT2D eigenvalue weighted by atomic mass is 10.1. The fourth-order valence-electron chi connectivity index (χ4n) is 3.17. The number of carbonyl (C=O) groups excluding carboxylic acids is 1. The van der Waals surface area contributed by atoms with Crippen LogP contribution in [0.2, 0.25) is 0 Å². The van der Waals surface area contributed by atoms with Gasteiger partial charge in [0.05, 0.1) is 19.2 Å². The van der Waals surface area contributed by atoms with Crippen LogP contribution in [0, 0.1) is 0 Å². The largest absolute Gasteiger partial charge is 0.497 e. The number of para-hydroxylation sites is 1. The van der Waals surface area contributed by atoms with E-state index in [4.69, 9.17) is 9.47 Å². The molecular weight excluding hydrogens is 360 g/mol. The summed E-state index contributed by atoms with van der Waals surface area (Å²) in [5, 5.41) is 2.81. The maximum absolute atomic E-state index is 12.7. The SMILES string of the molecule is COc1ccc2c(c1)CCN2C(=O)Cc1csc(COc2ccccc2)n1. The Kier molecular flexibility index (Phi) is 5.07. The van der Waals surface area contributed by atoms with Gasteiger partial charge in [0, 0.05) is 17.6 Å². The Morgan fingerprint density at radius 3 is 2.85 bits per heavy atom. The van der Waals surface area contributed by atoms with Crippen molar-refractivity contribution >= 4 is 22.9 Å². The zero-order valence-corrected chi connectivity index (χ0v) is 15.9. The first-order chi connectivity index (χ1) is 13.2. The Hall–Kier alpha value is -2.86. The standard InChI is InChI=1S/C21H20N2O3S/c1-25-18-7-8-19-15(11-18)9-10-23(19)21(24)12-16-14-27-20(22-16)13-26-17-5-3-2-4-6-17/h2-8,11,14H,9-10,12-13H2,1H3. The van der Waals surface area contributed by atoms with Gasteiger partial charge in [-0.05, 0) is 42.3 Å². The summed E-state index contributed by atoms with van der Waals surface area (Å²) in [6.45, 7) is 1.12. The molecule has 0 radical (unpaired) electrons. The quantitative estimate of drug-likeness (QED) is 0.652. The second kappa shape index (κ2) is 7.80. The fourth-order valence-corrected chi connectivity index (χ4v) is 3.88. The lowest BCUT2D eigenvalue weighted by Gasteiger charge is -2.17. The number of benzene rings is 2. The second-order valence-corrected chi connectivity index (χ2v) is 7.24. The lowest BCUT2D eigenvalue weighted by molar-refractivity contribution is -0.117. The molecule has 1 amide bonds. The van der Waals surface area contributed by atoms with E-state index in [9.17, 15) is 4.79 Å². The van der Waals surface area contributed by atoms with Crippen molar-refractivity contribution in [2.45, 2.75) is 19.4 Å². The molecule has 1 aliphatic heterocycles. The van der Waals surface area contributed by atoms with Crippen LogP contribution in [-0.2, 0) is 24.2 Å². The molecule has 0 aliphatic carbocycles. The number of ether oxygens (including phenoxy) is 2. The predicted octanol–water partition coefficient (Wildman–Crippen LogP) is 3.86. The number of anilines is 1. The highest BCUT2D eigenvalue weighted by Gasteiger charge is 2.25. The average molecular weight is 380 g/mol. The molecule has 0 fully saturated rings. The number of nitrogens with zero attached hydrogens (tertiary/aromatic N) is 2. The number of hydrogen-bond acceptors (Lipinski definition) is 5. The number of fused-ring (bicyclic) bond motifs is 1. The second-order valence-electron chi connectivity index (χ2n) is 6.30. The first-order valence-electron chi connectivity index (χ1n) is 8.81. The summed E-state index contributed by atoms with van der Waals surface area (Å²) in [7, 11) is 1.65. The van der Waals surface area contributed by atoms with Crippen LogP contribution in [0.25, 0.3) is 0 Å². The zero-order chi connectivity index (χ0) is 18.6. The maximum atomic E-state index is 12.7. The zero-order valence-electron chi connectivity index (χ0n) is 15.1. The summed E-state index contributed by atoms with van der Waals surface area (Å²) < 4.78 is 11.0. The molecule has 0 atom stereocenters. The third-order valence-electron chi connectivity index (χ3n) is 4.52. The van der Waals surface area contributed by atoms with E-state index in [0.29, 0.717) is 19.6 Å². The van der Waals surface area contributed by atoms with E-state index >= 15 is 0 Å². The molecule has 138 valence electrons. The molecule has 6 heteroatoms. The third-order valence-corrected chi connectivity index (χ3v) is 5.39. The predicted molar refractivity (Wildman–Crippen MR) is 106 cm³/mol. The monoisotopic (exact) mass is 380 g/mol. The van der Waals surface area contributed by atoms with Crippen molar-refractivity contribution in [2.75, 3.05) is 18.6 Å². The molecule has 1 aliphatic rings. The highest BCUT2D eigenvalue weighted by molar-refractivity contribution is 7.09. The Morgan fingerprint density at radius 2 is 2.04 bits per heavy atom. The minimum atomic E-state index is 0.0692. The maximum Gasteiger partial charge on any atom is 0.233 e. The minimum Gasteiger partial charge on any atom is -0.497 e. The van der Waals surface area contributed by atoms with Gasteiger partial charge in [0.15, 0.2) is 0 Å². The lowest BCUT2D eigenvalue weighted by Crippen LogP contribution is -2.30. The van der Waals surface area contributed by atoms with E-state index < -0.39 is 0 Å². The van der Waals surface area contributed by atoms with E-state index in [1.165, 1.54) is 11.3 Å². The number of hydrogen-bond donors (Lipinski definition) is 0. The molecule has 5 nitrogen and oxygen atoms in total. The molecule has 2 aromatic carbocycles. The van der Waals surface area contributed by atoms with Gasteiger partial charge >= 0.3 is 0 Å². The third kappa shape index (κ3) is 3.95.